The molecule has 0 aromatic carbocycles. The topological polar surface area (TPSA) is 91.4 Å². The number of thiophene rings is 1. The maximum Gasteiger partial charge on any atom is 0.342 e. The lowest BCUT2D eigenvalue weighted by Crippen LogP contribution is -2.25. The first-order valence-corrected chi connectivity index (χ1v) is 8.56. The summed E-state index contributed by atoms with van der Waals surface area (Å²) in [7, 11) is 0. The Kier molecular flexibility index (Phi) is 4.73. The van der Waals surface area contributed by atoms with E-state index in [-0.39, 0.29) is 41.4 Å². The molecule has 0 bridgehead atoms. The number of esters is 1. The Morgan fingerprint density at radius 1 is 1.40 bits per heavy atom. The van der Waals surface area contributed by atoms with E-state index in [1.165, 1.54) is 6.33 Å². The van der Waals surface area contributed by atoms with Crippen molar-refractivity contribution in [3.63, 3.8) is 0 Å². The third-order valence-electron chi connectivity index (χ3n) is 3.50. The van der Waals surface area contributed by atoms with Gasteiger partial charge in [0.05, 0.1) is 22.4 Å². The summed E-state index contributed by atoms with van der Waals surface area (Å²) in [6, 6.07) is 3.21. The molecule has 3 aromatic heterocycles. The van der Waals surface area contributed by atoms with Crippen molar-refractivity contribution in [2.75, 3.05) is 6.61 Å². The number of ketones is 1. The molecule has 0 saturated carbocycles. The highest BCUT2D eigenvalue weighted by atomic mass is 35.5. The van der Waals surface area contributed by atoms with E-state index < -0.39 is 11.5 Å². The van der Waals surface area contributed by atoms with Gasteiger partial charge in [0.25, 0.3) is 5.56 Å². The van der Waals surface area contributed by atoms with Gasteiger partial charge in [-0.25, -0.2) is 9.78 Å². The molecule has 7 nitrogen and oxygen atoms in total. The monoisotopic (exact) mass is 380 g/mol. The molecule has 0 amide bonds. The Labute approximate surface area is 150 Å². The average molecular weight is 381 g/mol. The predicted molar refractivity (Wildman–Crippen MR) is 92.6 cm³/mol. The van der Waals surface area contributed by atoms with Crippen LogP contribution in [0.25, 0.3) is 11.1 Å². The number of aromatic nitrogens is 2. The molecule has 0 aliphatic heterocycles. The summed E-state index contributed by atoms with van der Waals surface area (Å²) in [6.07, 6.45) is 1.22. The van der Waals surface area contributed by atoms with Crippen LogP contribution in [-0.2, 0) is 11.3 Å². The quantitative estimate of drug-likeness (QED) is 0.499. The van der Waals surface area contributed by atoms with Crippen molar-refractivity contribution in [3.8, 4) is 0 Å². The zero-order valence-corrected chi connectivity index (χ0v) is 14.9. The van der Waals surface area contributed by atoms with E-state index >= 15 is 0 Å². The summed E-state index contributed by atoms with van der Waals surface area (Å²) in [5.41, 5.74) is -0.468. The van der Waals surface area contributed by atoms with Crippen molar-refractivity contribution in [1.82, 2.24) is 9.55 Å². The highest BCUT2D eigenvalue weighted by Crippen LogP contribution is 2.23. The number of halogens is 1. The smallest absolute Gasteiger partial charge is 0.342 e. The van der Waals surface area contributed by atoms with Crippen LogP contribution in [0.1, 0.15) is 32.7 Å². The Balaban J connectivity index is 2.04. The Morgan fingerprint density at radius 3 is 2.80 bits per heavy atom. The summed E-state index contributed by atoms with van der Waals surface area (Å²) in [5.74, 6) is -0.697. The molecule has 3 heterocycles. The number of hydrogen-bond donors (Lipinski definition) is 0. The molecule has 0 unspecified atom stereocenters. The number of aryl methyl sites for hydroxylation is 1. The number of hydrogen-bond acceptors (Lipinski definition) is 7. The SMILES string of the molecule is CCOC(=O)c1c(C)oc2ncn(CC(=O)c3ccc(Cl)s3)c(=O)c12. The Morgan fingerprint density at radius 2 is 2.16 bits per heavy atom. The van der Waals surface area contributed by atoms with E-state index in [4.69, 9.17) is 20.8 Å². The van der Waals surface area contributed by atoms with Crippen LogP contribution < -0.4 is 5.56 Å². The van der Waals surface area contributed by atoms with E-state index in [0.29, 0.717) is 9.21 Å². The number of fused-ring (bicyclic) bond motifs is 1. The normalized spacial score (nSPS) is 11.0. The van der Waals surface area contributed by atoms with Crippen LogP contribution in [0, 0.1) is 6.92 Å². The standard InChI is InChI=1S/C16H13ClN2O5S/c1-3-23-16(22)12-8(2)24-14-13(12)15(21)19(7-18-14)6-9(20)10-4-5-11(17)25-10/h4-5,7H,3,6H2,1-2H3. The van der Waals surface area contributed by atoms with Crippen molar-refractivity contribution < 1.29 is 18.7 Å². The lowest BCUT2D eigenvalue weighted by atomic mass is 10.2. The molecule has 0 radical (unpaired) electrons. The molecular weight excluding hydrogens is 368 g/mol. The molecule has 0 spiro atoms. The summed E-state index contributed by atoms with van der Waals surface area (Å²) in [5, 5.41) is 0.00969. The molecule has 0 aliphatic rings. The highest BCUT2D eigenvalue weighted by Gasteiger charge is 2.24. The van der Waals surface area contributed by atoms with Crippen LogP contribution in [0.3, 0.4) is 0 Å². The molecule has 0 aliphatic carbocycles. The molecule has 0 fully saturated rings. The van der Waals surface area contributed by atoms with Crippen molar-refractivity contribution in [2.24, 2.45) is 0 Å². The predicted octanol–water partition coefficient (Wildman–Crippen LogP) is 3.07. The third-order valence-corrected chi connectivity index (χ3v) is 4.77. The van der Waals surface area contributed by atoms with Gasteiger partial charge >= 0.3 is 5.97 Å². The first-order valence-electron chi connectivity index (χ1n) is 7.36. The zero-order chi connectivity index (χ0) is 18.1. The molecular formula is C16H13ClN2O5S. The van der Waals surface area contributed by atoms with Crippen LogP contribution >= 0.6 is 22.9 Å². The van der Waals surface area contributed by atoms with Crippen molar-refractivity contribution in [1.29, 1.82) is 0 Å². The fourth-order valence-corrected chi connectivity index (χ4v) is 3.37. The summed E-state index contributed by atoms with van der Waals surface area (Å²) < 4.78 is 12.0. The minimum atomic E-state index is -0.660. The Bertz CT molecular complexity index is 1030. The number of rotatable bonds is 5. The number of ether oxygens (including phenoxy) is 1. The number of nitrogens with zero attached hydrogens (tertiary/aromatic N) is 2. The number of furan rings is 1. The second-order valence-electron chi connectivity index (χ2n) is 5.14. The van der Waals surface area contributed by atoms with Crippen LogP contribution in [0.5, 0.6) is 0 Å². The summed E-state index contributed by atoms with van der Waals surface area (Å²) >= 11 is 6.96. The fourth-order valence-electron chi connectivity index (χ4n) is 2.40. The maximum absolute atomic E-state index is 12.7. The van der Waals surface area contributed by atoms with Crippen LogP contribution in [0.4, 0.5) is 0 Å². The molecule has 0 N–H and O–H groups in total. The number of Topliss-reactive ketones (excluding diaryl/α,β-unsaturated/α-hetero) is 1. The van der Waals surface area contributed by atoms with Crippen molar-refractivity contribution >= 4 is 45.8 Å². The molecule has 0 atom stereocenters. The fraction of sp³-hybridized carbons (Fsp3) is 0.250. The van der Waals surface area contributed by atoms with Crippen LogP contribution in [0.15, 0.2) is 27.7 Å². The second kappa shape index (κ2) is 6.81. The van der Waals surface area contributed by atoms with E-state index in [2.05, 4.69) is 4.98 Å². The summed E-state index contributed by atoms with van der Waals surface area (Å²) in [4.78, 5) is 41.6. The van der Waals surface area contributed by atoms with Gasteiger partial charge < -0.3 is 9.15 Å². The molecule has 3 rings (SSSR count). The van der Waals surface area contributed by atoms with E-state index in [0.717, 1.165) is 15.9 Å². The van der Waals surface area contributed by atoms with Gasteiger partial charge in [0.1, 0.15) is 23.0 Å². The largest absolute Gasteiger partial charge is 0.462 e. The number of carbonyl (C=O) groups is 2. The van der Waals surface area contributed by atoms with Crippen molar-refractivity contribution in [2.45, 2.75) is 20.4 Å². The first-order chi connectivity index (χ1) is 11.9. The average Bonchev–Trinajstić information content (AvgIpc) is 3.13. The van der Waals surface area contributed by atoms with Crippen LogP contribution in [0.2, 0.25) is 4.34 Å². The van der Waals surface area contributed by atoms with Crippen molar-refractivity contribution in [3.05, 3.63) is 49.4 Å². The minimum Gasteiger partial charge on any atom is -0.462 e. The number of carbonyl (C=O) groups excluding carboxylic acids is 2. The Hall–Kier alpha value is -2.45. The van der Waals surface area contributed by atoms with Gasteiger partial charge in [0, 0.05) is 0 Å². The van der Waals surface area contributed by atoms with E-state index in [1.807, 2.05) is 0 Å². The van der Waals surface area contributed by atoms with Gasteiger partial charge in [0.15, 0.2) is 5.78 Å². The molecule has 25 heavy (non-hydrogen) atoms. The van der Waals surface area contributed by atoms with Gasteiger partial charge in [-0.15, -0.1) is 11.3 Å². The van der Waals surface area contributed by atoms with Gasteiger partial charge in [-0.3, -0.25) is 14.2 Å². The lowest BCUT2D eigenvalue weighted by molar-refractivity contribution is 0.0526. The molecule has 0 saturated heterocycles. The molecule has 9 heteroatoms. The zero-order valence-electron chi connectivity index (χ0n) is 13.4. The first kappa shape index (κ1) is 17.4. The second-order valence-corrected chi connectivity index (χ2v) is 6.85. The highest BCUT2D eigenvalue weighted by molar-refractivity contribution is 7.18. The maximum atomic E-state index is 12.7. The lowest BCUT2D eigenvalue weighted by Gasteiger charge is -2.04. The summed E-state index contributed by atoms with van der Waals surface area (Å²) in [6.45, 7) is 3.16. The molecule has 130 valence electrons. The van der Waals surface area contributed by atoms with Gasteiger partial charge in [0.2, 0.25) is 5.71 Å². The van der Waals surface area contributed by atoms with Crippen LogP contribution in [-0.4, -0.2) is 27.9 Å². The van der Waals surface area contributed by atoms with E-state index in [9.17, 15) is 14.4 Å². The third kappa shape index (κ3) is 3.22. The van der Waals surface area contributed by atoms with E-state index in [1.54, 1.807) is 26.0 Å². The van der Waals surface area contributed by atoms with Gasteiger partial charge in [-0.2, -0.15) is 0 Å². The molecule has 3 aromatic rings. The van der Waals surface area contributed by atoms with Gasteiger partial charge in [-0.05, 0) is 26.0 Å². The minimum absolute atomic E-state index is 0.00969. The van der Waals surface area contributed by atoms with Gasteiger partial charge in [-0.1, -0.05) is 11.6 Å².